The maximum atomic E-state index is 13.0. The molecule has 9 heteroatoms. The molecule has 3 aromatic rings. The van der Waals surface area contributed by atoms with E-state index in [0.717, 1.165) is 40.6 Å². The van der Waals surface area contributed by atoms with Crippen LogP contribution >= 0.6 is 11.8 Å². The number of ether oxygens (including phenoxy) is 1. The lowest BCUT2D eigenvalue weighted by molar-refractivity contribution is -0.610. The molecule has 1 aromatic carbocycles. The van der Waals surface area contributed by atoms with Crippen molar-refractivity contribution in [1.29, 1.82) is 0 Å². The van der Waals surface area contributed by atoms with E-state index < -0.39 is 11.7 Å². The van der Waals surface area contributed by atoms with Crippen LogP contribution in [-0.4, -0.2) is 22.8 Å². The van der Waals surface area contributed by atoms with Gasteiger partial charge in [-0.25, -0.2) is 9.55 Å². The molecule has 2 aromatic heterocycles. The Balaban J connectivity index is 0.00000300. The van der Waals surface area contributed by atoms with Gasteiger partial charge >= 0.3 is 12.1 Å². The van der Waals surface area contributed by atoms with Crippen LogP contribution in [0.25, 0.3) is 17.0 Å². The highest BCUT2D eigenvalue weighted by Crippen LogP contribution is 2.31. The van der Waals surface area contributed by atoms with E-state index in [2.05, 4.69) is 23.8 Å². The van der Waals surface area contributed by atoms with Gasteiger partial charge in [-0.3, -0.25) is 0 Å². The summed E-state index contributed by atoms with van der Waals surface area (Å²) >= 11 is 1.80. The molecule has 1 N–H and O–H groups in total. The van der Waals surface area contributed by atoms with Gasteiger partial charge in [0.1, 0.15) is 17.0 Å². The quantitative estimate of drug-likeness (QED) is 0.591. The first-order chi connectivity index (χ1) is 13.2. The van der Waals surface area contributed by atoms with Crippen molar-refractivity contribution < 1.29 is 34.9 Å². The fraction of sp³-hybridized carbons (Fsp3) is 0.400. The number of H-pyrrole nitrogens is 1. The van der Waals surface area contributed by atoms with Gasteiger partial charge in [-0.2, -0.15) is 24.9 Å². The molecular formula is C20H23ClF3N3OS. The van der Waals surface area contributed by atoms with Crippen LogP contribution in [0.1, 0.15) is 30.7 Å². The van der Waals surface area contributed by atoms with Gasteiger partial charge in [-0.15, -0.1) is 0 Å². The van der Waals surface area contributed by atoms with Crippen molar-refractivity contribution in [3.8, 4) is 11.7 Å². The number of aromatic nitrogens is 3. The average Bonchev–Trinajstić information content (AvgIpc) is 3.05. The highest BCUT2D eigenvalue weighted by atomic mass is 35.5. The first kappa shape index (κ1) is 23.3. The molecule has 158 valence electrons. The van der Waals surface area contributed by atoms with Gasteiger partial charge < -0.3 is 17.1 Å². The number of hydrogen-bond acceptors (Lipinski definition) is 3. The second-order valence-electron chi connectivity index (χ2n) is 7.02. The molecule has 0 bridgehead atoms. The minimum atomic E-state index is -4.39. The van der Waals surface area contributed by atoms with E-state index in [0.29, 0.717) is 17.4 Å². The number of alkyl halides is 3. The SMILES string of the molecule is COc1cc[n+](-c2nc3cc(C(F)(F)F)ccc3[nH]2)c(CSCC(C)C)c1C.[Cl-]. The summed E-state index contributed by atoms with van der Waals surface area (Å²) in [6.45, 7) is 6.30. The van der Waals surface area contributed by atoms with Crippen molar-refractivity contribution in [3.63, 3.8) is 0 Å². The molecule has 0 aliphatic heterocycles. The fourth-order valence-electron chi connectivity index (χ4n) is 2.95. The van der Waals surface area contributed by atoms with Crippen LogP contribution in [0, 0.1) is 12.8 Å². The van der Waals surface area contributed by atoms with Crippen LogP contribution in [0.4, 0.5) is 13.2 Å². The number of nitrogens with zero attached hydrogens (tertiary/aromatic N) is 2. The number of hydrogen-bond donors (Lipinski definition) is 1. The number of fused-ring (bicyclic) bond motifs is 1. The van der Waals surface area contributed by atoms with Crippen molar-refractivity contribution in [2.45, 2.75) is 32.7 Å². The fourth-order valence-corrected chi connectivity index (χ4v) is 4.09. The average molecular weight is 446 g/mol. The molecule has 29 heavy (non-hydrogen) atoms. The Bertz CT molecular complexity index is 989. The summed E-state index contributed by atoms with van der Waals surface area (Å²) in [6.07, 6.45) is -2.56. The number of halogens is 4. The lowest BCUT2D eigenvalue weighted by Gasteiger charge is -2.13. The second-order valence-corrected chi connectivity index (χ2v) is 8.06. The van der Waals surface area contributed by atoms with Crippen molar-refractivity contribution in [2.75, 3.05) is 12.9 Å². The molecular weight excluding hydrogens is 423 g/mol. The summed E-state index contributed by atoms with van der Waals surface area (Å²) in [4.78, 5) is 7.54. The molecule has 2 heterocycles. The molecule has 0 aliphatic rings. The van der Waals surface area contributed by atoms with E-state index in [-0.39, 0.29) is 17.9 Å². The van der Waals surface area contributed by atoms with Gasteiger partial charge in [0.05, 0.1) is 18.9 Å². The van der Waals surface area contributed by atoms with Gasteiger partial charge in [0.2, 0.25) is 0 Å². The Morgan fingerprint density at radius 2 is 1.97 bits per heavy atom. The van der Waals surface area contributed by atoms with Crippen LogP contribution in [0.5, 0.6) is 5.75 Å². The van der Waals surface area contributed by atoms with Gasteiger partial charge in [-0.05, 0) is 36.8 Å². The van der Waals surface area contributed by atoms with E-state index in [4.69, 9.17) is 4.74 Å². The van der Waals surface area contributed by atoms with E-state index in [1.165, 1.54) is 6.07 Å². The molecule has 0 saturated heterocycles. The van der Waals surface area contributed by atoms with Crippen LogP contribution in [-0.2, 0) is 11.9 Å². The van der Waals surface area contributed by atoms with Gasteiger partial charge in [0, 0.05) is 17.4 Å². The number of aromatic amines is 1. The second kappa shape index (κ2) is 9.26. The summed E-state index contributed by atoms with van der Waals surface area (Å²) in [5, 5.41) is 0. The number of imidazole rings is 1. The van der Waals surface area contributed by atoms with Crippen LogP contribution in [0.3, 0.4) is 0 Å². The van der Waals surface area contributed by atoms with Crippen LogP contribution < -0.4 is 21.7 Å². The van der Waals surface area contributed by atoms with E-state index >= 15 is 0 Å². The number of methoxy groups -OCH3 is 1. The molecule has 4 nitrogen and oxygen atoms in total. The molecule has 0 atom stereocenters. The molecule has 0 spiro atoms. The van der Waals surface area contributed by atoms with E-state index in [1.54, 1.807) is 18.9 Å². The van der Waals surface area contributed by atoms with E-state index in [1.807, 2.05) is 23.8 Å². The Labute approximate surface area is 178 Å². The number of thioether (sulfide) groups is 1. The number of nitrogens with one attached hydrogen (secondary N) is 1. The minimum absolute atomic E-state index is 0. The normalized spacial score (nSPS) is 11.7. The number of benzene rings is 1. The lowest BCUT2D eigenvalue weighted by atomic mass is 10.2. The highest BCUT2D eigenvalue weighted by Gasteiger charge is 2.32. The zero-order valence-corrected chi connectivity index (χ0v) is 18.2. The van der Waals surface area contributed by atoms with Crippen molar-refractivity contribution in [2.24, 2.45) is 5.92 Å². The van der Waals surface area contributed by atoms with Crippen molar-refractivity contribution >= 4 is 22.8 Å². The van der Waals surface area contributed by atoms with Crippen LogP contribution in [0.15, 0.2) is 30.5 Å². The van der Waals surface area contributed by atoms with E-state index in [9.17, 15) is 13.2 Å². The Kier molecular flexibility index (Phi) is 7.45. The monoisotopic (exact) mass is 445 g/mol. The van der Waals surface area contributed by atoms with Gasteiger partial charge in [0.15, 0.2) is 5.52 Å². The Morgan fingerprint density at radius 3 is 2.59 bits per heavy atom. The zero-order chi connectivity index (χ0) is 20.5. The molecule has 0 radical (unpaired) electrons. The maximum Gasteiger partial charge on any atom is 0.416 e. The highest BCUT2D eigenvalue weighted by molar-refractivity contribution is 7.98. The summed E-state index contributed by atoms with van der Waals surface area (Å²) < 4.78 is 46.3. The predicted octanol–water partition coefficient (Wildman–Crippen LogP) is 2.07. The summed E-state index contributed by atoms with van der Waals surface area (Å²) in [5.74, 6) is 3.57. The standard InChI is InChI=1S/C20H23F3N3OS.ClH/c1-12(2)10-28-11-17-13(3)18(27-4)7-8-26(17)19-24-15-6-5-14(20(21,22)23)9-16(15)25-19;/h5-9,12H,10-11H2,1-4H3,(H,24,25);1H/q+1;/p-1. The Hall–Kier alpha value is -1.93. The molecule has 3 rings (SSSR count). The molecule has 0 unspecified atom stereocenters. The molecule has 0 fully saturated rings. The van der Waals surface area contributed by atoms with Crippen LogP contribution in [0.2, 0.25) is 0 Å². The largest absolute Gasteiger partial charge is 1.00 e. The smallest absolute Gasteiger partial charge is 0.416 e. The zero-order valence-electron chi connectivity index (χ0n) is 16.6. The summed E-state index contributed by atoms with van der Waals surface area (Å²) in [6, 6.07) is 5.38. The first-order valence-electron chi connectivity index (χ1n) is 8.94. The third kappa shape index (κ3) is 5.17. The summed E-state index contributed by atoms with van der Waals surface area (Å²) in [5.41, 5.74) is 2.12. The molecule has 0 amide bonds. The number of rotatable bonds is 6. The van der Waals surface area contributed by atoms with Crippen molar-refractivity contribution in [3.05, 3.63) is 47.3 Å². The lowest BCUT2D eigenvalue weighted by Crippen LogP contribution is -3.00. The van der Waals surface area contributed by atoms with Crippen molar-refractivity contribution in [1.82, 2.24) is 9.97 Å². The molecule has 0 aliphatic carbocycles. The van der Waals surface area contributed by atoms with Gasteiger partial charge in [-0.1, -0.05) is 18.8 Å². The topological polar surface area (TPSA) is 41.8 Å². The number of pyridine rings is 1. The summed E-state index contributed by atoms with van der Waals surface area (Å²) in [7, 11) is 1.62. The maximum absolute atomic E-state index is 13.0. The minimum Gasteiger partial charge on any atom is -1.00 e. The predicted molar refractivity (Wildman–Crippen MR) is 105 cm³/mol. The van der Waals surface area contributed by atoms with Gasteiger partial charge in [0.25, 0.3) is 0 Å². The molecule has 0 saturated carbocycles. The Morgan fingerprint density at radius 1 is 1.24 bits per heavy atom. The first-order valence-corrected chi connectivity index (χ1v) is 10.1. The third-order valence-corrected chi connectivity index (χ3v) is 5.78. The third-order valence-electron chi connectivity index (χ3n) is 4.40.